The van der Waals surface area contributed by atoms with Crippen LogP contribution in [-0.2, 0) is 6.54 Å². The maximum Gasteiger partial charge on any atom is 0.0471 e. The van der Waals surface area contributed by atoms with Crippen molar-refractivity contribution in [1.82, 2.24) is 4.90 Å². The van der Waals surface area contributed by atoms with E-state index >= 15 is 0 Å². The van der Waals surface area contributed by atoms with Crippen molar-refractivity contribution >= 4 is 23.2 Å². The van der Waals surface area contributed by atoms with Gasteiger partial charge in [-0.25, -0.2) is 0 Å². The maximum absolute atomic E-state index is 9.07. The summed E-state index contributed by atoms with van der Waals surface area (Å²) in [6, 6.07) is 5.54. The minimum Gasteiger partial charge on any atom is -0.396 e. The second kappa shape index (κ2) is 5.37. The molecule has 16 heavy (non-hydrogen) atoms. The second-order valence-electron chi connectivity index (χ2n) is 4.31. The lowest BCUT2D eigenvalue weighted by atomic mass is 10.1. The molecule has 1 saturated heterocycles. The normalized spacial score (nSPS) is 21.6. The Morgan fingerprint density at radius 2 is 2.19 bits per heavy atom. The first-order valence-corrected chi connectivity index (χ1v) is 6.22. The number of aliphatic hydroxyl groups excluding tert-OH is 1. The first-order chi connectivity index (χ1) is 7.69. The van der Waals surface area contributed by atoms with Crippen molar-refractivity contribution in [2.24, 2.45) is 5.92 Å². The molecule has 0 saturated carbocycles. The Morgan fingerprint density at radius 1 is 1.38 bits per heavy atom. The van der Waals surface area contributed by atoms with E-state index in [1.807, 2.05) is 12.1 Å². The zero-order valence-corrected chi connectivity index (χ0v) is 10.5. The molecule has 4 heteroatoms. The van der Waals surface area contributed by atoms with Crippen molar-refractivity contribution in [3.63, 3.8) is 0 Å². The lowest BCUT2D eigenvalue weighted by Gasteiger charge is -2.16. The number of rotatable bonds is 3. The van der Waals surface area contributed by atoms with Crippen LogP contribution >= 0.6 is 23.2 Å². The molecule has 1 atom stereocenters. The predicted molar refractivity (Wildman–Crippen MR) is 66.9 cm³/mol. The minimum atomic E-state index is 0.278. The Balaban J connectivity index is 2.01. The van der Waals surface area contributed by atoms with E-state index in [1.54, 1.807) is 6.07 Å². The van der Waals surface area contributed by atoms with Crippen LogP contribution in [0.3, 0.4) is 0 Å². The van der Waals surface area contributed by atoms with E-state index in [2.05, 4.69) is 4.90 Å². The van der Waals surface area contributed by atoms with Crippen molar-refractivity contribution in [3.05, 3.63) is 33.8 Å². The Labute approximate surface area is 106 Å². The van der Waals surface area contributed by atoms with Gasteiger partial charge in [-0.05, 0) is 42.6 Å². The van der Waals surface area contributed by atoms with E-state index < -0.39 is 0 Å². The fourth-order valence-corrected chi connectivity index (χ4v) is 2.48. The average molecular weight is 260 g/mol. The third-order valence-corrected chi connectivity index (χ3v) is 3.63. The molecule has 88 valence electrons. The van der Waals surface area contributed by atoms with Crippen LogP contribution in [0.25, 0.3) is 0 Å². The Morgan fingerprint density at radius 3 is 2.88 bits per heavy atom. The highest BCUT2D eigenvalue weighted by Gasteiger charge is 2.22. The van der Waals surface area contributed by atoms with Gasteiger partial charge in [-0.1, -0.05) is 23.2 Å². The van der Waals surface area contributed by atoms with Gasteiger partial charge in [0.05, 0.1) is 0 Å². The summed E-state index contributed by atoms with van der Waals surface area (Å²) in [6.45, 7) is 3.06. The summed E-state index contributed by atoms with van der Waals surface area (Å²) < 4.78 is 0. The van der Waals surface area contributed by atoms with Gasteiger partial charge < -0.3 is 5.11 Å². The number of halogens is 2. The van der Waals surface area contributed by atoms with Gasteiger partial charge >= 0.3 is 0 Å². The number of hydrogen-bond acceptors (Lipinski definition) is 2. The van der Waals surface area contributed by atoms with Crippen LogP contribution < -0.4 is 0 Å². The minimum absolute atomic E-state index is 0.278. The SMILES string of the molecule is OCC1CCN(Cc2cc(Cl)ccc2Cl)C1. The van der Waals surface area contributed by atoms with Gasteiger partial charge in [-0.2, -0.15) is 0 Å². The van der Waals surface area contributed by atoms with E-state index in [0.717, 1.165) is 41.7 Å². The van der Waals surface area contributed by atoms with Crippen molar-refractivity contribution in [3.8, 4) is 0 Å². The molecule has 1 heterocycles. The quantitative estimate of drug-likeness (QED) is 0.903. The van der Waals surface area contributed by atoms with Crippen LogP contribution in [0.15, 0.2) is 18.2 Å². The van der Waals surface area contributed by atoms with Crippen molar-refractivity contribution in [1.29, 1.82) is 0 Å². The molecule has 0 bridgehead atoms. The molecule has 0 aromatic heterocycles. The molecular formula is C12H15Cl2NO. The molecule has 1 unspecified atom stereocenters. The summed E-state index contributed by atoms with van der Waals surface area (Å²) >= 11 is 12.1. The molecule has 1 aliphatic rings. The molecule has 0 amide bonds. The number of nitrogens with zero attached hydrogens (tertiary/aromatic N) is 1. The molecule has 0 radical (unpaired) electrons. The smallest absolute Gasteiger partial charge is 0.0471 e. The third kappa shape index (κ3) is 2.89. The van der Waals surface area contributed by atoms with Crippen LogP contribution in [0.5, 0.6) is 0 Å². The molecule has 0 spiro atoms. The maximum atomic E-state index is 9.07. The molecule has 1 aromatic rings. The molecule has 2 nitrogen and oxygen atoms in total. The van der Waals surface area contributed by atoms with Crippen molar-refractivity contribution in [2.75, 3.05) is 19.7 Å². The summed E-state index contributed by atoms with van der Waals surface area (Å²) in [5, 5.41) is 10.6. The van der Waals surface area contributed by atoms with E-state index in [4.69, 9.17) is 28.3 Å². The Bertz CT molecular complexity index is 370. The van der Waals surface area contributed by atoms with Gasteiger partial charge in [-0.3, -0.25) is 4.90 Å². The zero-order valence-electron chi connectivity index (χ0n) is 9.00. The molecule has 2 rings (SSSR count). The van der Waals surface area contributed by atoms with E-state index in [9.17, 15) is 0 Å². The zero-order chi connectivity index (χ0) is 11.5. The summed E-state index contributed by atoms with van der Waals surface area (Å²) in [6.07, 6.45) is 1.06. The lowest BCUT2D eigenvalue weighted by molar-refractivity contribution is 0.220. The summed E-state index contributed by atoms with van der Waals surface area (Å²) in [7, 11) is 0. The first kappa shape index (κ1) is 12.2. The third-order valence-electron chi connectivity index (χ3n) is 3.03. The number of likely N-dealkylation sites (tertiary alicyclic amines) is 1. The Hall–Kier alpha value is -0.280. The lowest BCUT2D eigenvalue weighted by Crippen LogP contribution is -2.21. The molecule has 1 aliphatic heterocycles. The van der Waals surface area contributed by atoms with E-state index in [-0.39, 0.29) is 6.61 Å². The summed E-state index contributed by atoms with van der Waals surface area (Å²) in [4.78, 5) is 2.30. The van der Waals surface area contributed by atoms with Gasteiger partial charge in [0, 0.05) is 29.7 Å². The Kier molecular flexibility index (Phi) is 4.09. The topological polar surface area (TPSA) is 23.5 Å². The van der Waals surface area contributed by atoms with Gasteiger partial charge in [0.25, 0.3) is 0 Å². The van der Waals surface area contributed by atoms with Gasteiger partial charge in [0.1, 0.15) is 0 Å². The van der Waals surface area contributed by atoms with Crippen molar-refractivity contribution in [2.45, 2.75) is 13.0 Å². The highest BCUT2D eigenvalue weighted by Crippen LogP contribution is 2.24. The van der Waals surface area contributed by atoms with E-state index in [0.29, 0.717) is 5.92 Å². The van der Waals surface area contributed by atoms with E-state index in [1.165, 1.54) is 0 Å². The number of hydrogen-bond donors (Lipinski definition) is 1. The number of aliphatic hydroxyl groups is 1. The average Bonchev–Trinajstić information content (AvgIpc) is 2.71. The first-order valence-electron chi connectivity index (χ1n) is 5.46. The van der Waals surface area contributed by atoms with Crippen LogP contribution in [0, 0.1) is 5.92 Å². The van der Waals surface area contributed by atoms with Crippen LogP contribution in [0.2, 0.25) is 10.0 Å². The summed E-state index contributed by atoms with van der Waals surface area (Å²) in [5.74, 6) is 0.415. The van der Waals surface area contributed by atoms with Crippen LogP contribution in [0.4, 0.5) is 0 Å². The molecular weight excluding hydrogens is 245 g/mol. The molecule has 1 aromatic carbocycles. The monoisotopic (exact) mass is 259 g/mol. The van der Waals surface area contributed by atoms with Gasteiger partial charge in [0.2, 0.25) is 0 Å². The predicted octanol–water partition coefficient (Wildman–Crippen LogP) is 2.81. The van der Waals surface area contributed by atoms with Crippen LogP contribution in [0.1, 0.15) is 12.0 Å². The fourth-order valence-electron chi connectivity index (χ4n) is 2.11. The standard InChI is InChI=1S/C12H15Cl2NO/c13-11-1-2-12(14)10(5-11)7-15-4-3-9(6-15)8-16/h1-2,5,9,16H,3-4,6-8H2. The fraction of sp³-hybridized carbons (Fsp3) is 0.500. The van der Waals surface area contributed by atoms with Crippen LogP contribution in [-0.4, -0.2) is 29.7 Å². The molecule has 0 aliphatic carbocycles. The van der Waals surface area contributed by atoms with Crippen molar-refractivity contribution < 1.29 is 5.11 Å². The molecule has 1 fully saturated rings. The summed E-state index contributed by atoms with van der Waals surface area (Å²) in [5.41, 5.74) is 1.06. The highest BCUT2D eigenvalue weighted by molar-refractivity contribution is 6.33. The molecule has 1 N–H and O–H groups in total. The van der Waals surface area contributed by atoms with Gasteiger partial charge in [0.15, 0.2) is 0 Å². The highest BCUT2D eigenvalue weighted by atomic mass is 35.5. The second-order valence-corrected chi connectivity index (χ2v) is 5.15. The van der Waals surface area contributed by atoms with Gasteiger partial charge in [-0.15, -0.1) is 0 Å². The largest absolute Gasteiger partial charge is 0.396 e. The number of benzene rings is 1.